The Kier molecular flexibility index (Phi) is 7.62. The van der Waals surface area contributed by atoms with E-state index in [2.05, 4.69) is 83.1 Å². The Balaban J connectivity index is 1.44. The molecule has 2 heterocycles. The first-order valence-corrected chi connectivity index (χ1v) is 11.9. The summed E-state index contributed by atoms with van der Waals surface area (Å²) >= 11 is 0. The van der Waals surface area contributed by atoms with Crippen LogP contribution in [0.25, 0.3) is 22.0 Å². The lowest BCUT2D eigenvalue weighted by atomic mass is 10.0. The summed E-state index contributed by atoms with van der Waals surface area (Å²) in [4.78, 5) is 25.0. The molecule has 0 bridgehead atoms. The first-order valence-electron chi connectivity index (χ1n) is 11.9. The molecule has 7 nitrogen and oxygen atoms in total. The third-order valence-corrected chi connectivity index (χ3v) is 6.08. The maximum Gasteiger partial charge on any atom is 0.410 e. The highest BCUT2D eigenvalue weighted by molar-refractivity contribution is 5.92. The van der Waals surface area contributed by atoms with Crippen molar-refractivity contribution >= 4 is 28.5 Å². The first-order chi connectivity index (χ1) is 16.5. The minimum absolute atomic E-state index is 0.247. The molecule has 7 heteroatoms. The Labute approximate surface area is 201 Å². The van der Waals surface area contributed by atoms with E-state index in [0.717, 1.165) is 59.6 Å². The summed E-state index contributed by atoms with van der Waals surface area (Å²) in [6, 6.07) is 14.9. The molecule has 1 saturated heterocycles. The number of nitrogens with one attached hydrogen (secondary N) is 1. The van der Waals surface area contributed by atoms with Crippen LogP contribution in [-0.2, 0) is 4.74 Å². The number of hydrogen-bond donors (Lipinski definition) is 1. The highest BCUT2D eigenvalue weighted by atomic mass is 16.6. The Morgan fingerprint density at radius 3 is 2.53 bits per heavy atom. The average Bonchev–Trinajstić information content (AvgIpc) is 2.87. The van der Waals surface area contributed by atoms with Crippen LogP contribution in [0.15, 0.2) is 61.4 Å². The Hall–Kier alpha value is -3.61. The van der Waals surface area contributed by atoms with Crippen molar-refractivity contribution < 1.29 is 9.53 Å². The maximum atomic E-state index is 12.0. The molecule has 1 fully saturated rings. The van der Waals surface area contributed by atoms with Crippen LogP contribution in [0.4, 0.5) is 16.3 Å². The molecule has 1 aliphatic rings. The van der Waals surface area contributed by atoms with E-state index in [4.69, 9.17) is 4.74 Å². The standard InChI is InChI=1S/C27H33N5O2/c1-4-17-34-27(33)32-15-13-31(14-16-32)23-8-5-21(6-9-23)22-7-10-25-24(18-22)26(30-19-29-25)28-12-11-20(2)3/h4-10,18-20H,1,11-17H2,2-3H3,(H,28,29,30). The van der Waals surface area contributed by atoms with Gasteiger partial charge in [0, 0.05) is 43.8 Å². The number of carbonyl (C=O) groups excluding carboxylic acids is 1. The molecule has 0 atom stereocenters. The van der Waals surface area contributed by atoms with Crippen molar-refractivity contribution in [2.24, 2.45) is 5.92 Å². The number of aromatic nitrogens is 2. The molecular weight excluding hydrogens is 426 g/mol. The van der Waals surface area contributed by atoms with Crippen LogP contribution in [0.1, 0.15) is 20.3 Å². The number of fused-ring (bicyclic) bond motifs is 1. The zero-order valence-electron chi connectivity index (χ0n) is 20.0. The summed E-state index contributed by atoms with van der Waals surface area (Å²) < 4.78 is 5.14. The number of carbonyl (C=O) groups is 1. The Morgan fingerprint density at radius 1 is 1.09 bits per heavy atom. The van der Waals surface area contributed by atoms with E-state index in [0.29, 0.717) is 19.0 Å². The molecule has 178 valence electrons. The van der Waals surface area contributed by atoms with E-state index in [1.54, 1.807) is 17.3 Å². The molecule has 1 amide bonds. The summed E-state index contributed by atoms with van der Waals surface area (Å²) in [5.41, 5.74) is 4.37. The lowest BCUT2D eigenvalue weighted by molar-refractivity contribution is 0.110. The van der Waals surface area contributed by atoms with Gasteiger partial charge in [-0.1, -0.05) is 44.7 Å². The summed E-state index contributed by atoms with van der Waals surface area (Å²) in [5.74, 6) is 1.53. The van der Waals surface area contributed by atoms with Crippen LogP contribution < -0.4 is 10.2 Å². The number of benzene rings is 2. The van der Waals surface area contributed by atoms with Crippen LogP contribution in [0.2, 0.25) is 0 Å². The fourth-order valence-electron chi connectivity index (χ4n) is 4.09. The van der Waals surface area contributed by atoms with E-state index in [9.17, 15) is 4.79 Å². The van der Waals surface area contributed by atoms with Crippen molar-refractivity contribution in [3.05, 3.63) is 61.4 Å². The highest BCUT2D eigenvalue weighted by Gasteiger charge is 2.22. The Morgan fingerprint density at radius 2 is 1.82 bits per heavy atom. The molecule has 34 heavy (non-hydrogen) atoms. The van der Waals surface area contributed by atoms with Gasteiger partial charge in [-0.05, 0) is 47.7 Å². The molecule has 0 radical (unpaired) electrons. The number of anilines is 2. The summed E-state index contributed by atoms with van der Waals surface area (Å²) in [6.07, 6.45) is 4.03. The van der Waals surface area contributed by atoms with Gasteiger partial charge in [-0.15, -0.1) is 0 Å². The highest BCUT2D eigenvalue weighted by Crippen LogP contribution is 2.29. The van der Waals surface area contributed by atoms with Gasteiger partial charge in [0.2, 0.25) is 0 Å². The van der Waals surface area contributed by atoms with Gasteiger partial charge >= 0.3 is 6.09 Å². The van der Waals surface area contributed by atoms with Crippen molar-refractivity contribution in [2.75, 3.05) is 49.5 Å². The molecule has 0 aliphatic carbocycles. The van der Waals surface area contributed by atoms with Crippen molar-refractivity contribution in [1.29, 1.82) is 0 Å². The Bertz CT molecular complexity index is 1120. The number of piperazine rings is 1. The summed E-state index contributed by atoms with van der Waals surface area (Å²) in [6.45, 7) is 12.0. The van der Waals surface area contributed by atoms with E-state index >= 15 is 0 Å². The van der Waals surface area contributed by atoms with Gasteiger partial charge in [-0.2, -0.15) is 0 Å². The molecule has 1 aliphatic heterocycles. The molecular formula is C27H33N5O2. The number of amides is 1. The zero-order chi connectivity index (χ0) is 23.9. The van der Waals surface area contributed by atoms with Crippen LogP contribution in [0.3, 0.4) is 0 Å². The van der Waals surface area contributed by atoms with Gasteiger partial charge in [0.25, 0.3) is 0 Å². The van der Waals surface area contributed by atoms with Gasteiger partial charge < -0.3 is 19.9 Å². The first kappa shape index (κ1) is 23.5. The molecule has 1 aromatic heterocycles. The van der Waals surface area contributed by atoms with Crippen LogP contribution >= 0.6 is 0 Å². The van der Waals surface area contributed by atoms with Gasteiger partial charge in [-0.25, -0.2) is 14.8 Å². The van der Waals surface area contributed by atoms with Crippen LogP contribution in [0, 0.1) is 5.92 Å². The van der Waals surface area contributed by atoms with Gasteiger partial charge in [0.1, 0.15) is 18.8 Å². The average molecular weight is 460 g/mol. The normalized spacial score (nSPS) is 13.9. The lowest BCUT2D eigenvalue weighted by Gasteiger charge is -2.35. The van der Waals surface area contributed by atoms with E-state index < -0.39 is 0 Å². The second kappa shape index (κ2) is 11.0. The number of hydrogen-bond acceptors (Lipinski definition) is 6. The molecule has 0 saturated carbocycles. The third-order valence-electron chi connectivity index (χ3n) is 6.08. The van der Waals surface area contributed by atoms with Crippen molar-refractivity contribution in [3.8, 4) is 11.1 Å². The number of nitrogens with zero attached hydrogens (tertiary/aromatic N) is 4. The molecule has 1 N–H and O–H groups in total. The largest absolute Gasteiger partial charge is 0.445 e. The maximum absolute atomic E-state index is 12.0. The molecule has 3 aromatic rings. The summed E-state index contributed by atoms with van der Waals surface area (Å²) in [5, 5.41) is 4.51. The minimum Gasteiger partial charge on any atom is -0.445 e. The van der Waals surface area contributed by atoms with Crippen molar-refractivity contribution in [2.45, 2.75) is 20.3 Å². The number of rotatable bonds is 8. The van der Waals surface area contributed by atoms with Crippen LogP contribution in [-0.4, -0.2) is 60.3 Å². The fraction of sp³-hybridized carbons (Fsp3) is 0.370. The quantitative estimate of drug-likeness (QED) is 0.467. The number of ether oxygens (including phenoxy) is 1. The predicted octanol–water partition coefficient (Wildman–Crippen LogP) is 5.20. The van der Waals surface area contributed by atoms with Gasteiger partial charge in [0.05, 0.1) is 5.52 Å². The van der Waals surface area contributed by atoms with E-state index in [1.807, 2.05) is 0 Å². The molecule has 2 aromatic carbocycles. The third kappa shape index (κ3) is 5.65. The summed E-state index contributed by atoms with van der Waals surface area (Å²) in [7, 11) is 0. The molecule has 4 rings (SSSR count). The van der Waals surface area contributed by atoms with Crippen molar-refractivity contribution in [3.63, 3.8) is 0 Å². The van der Waals surface area contributed by atoms with E-state index in [1.165, 1.54) is 0 Å². The lowest BCUT2D eigenvalue weighted by Crippen LogP contribution is -2.49. The van der Waals surface area contributed by atoms with Gasteiger partial charge in [0.15, 0.2) is 0 Å². The zero-order valence-corrected chi connectivity index (χ0v) is 20.0. The second-order valence-corrected chi connectivity index (χ2v) is 8.95. The fourth-order valence-corrected chi connectivity index (χ4v) is 4.09. The van der Waals surface area contributed by atoms with Crippen LogP contribution in [0.5, 0.6) is 0 Å². The topological polar surface area (TPSA) is 70.6 Å². The second-order valence-electron chi connectivity index (χ2n) is 8.95. The van der Waals surface area contributed by atoms with Crippen molar-refractivity contribution in [1.82, 2.24) is 14.9 Å². The SMILES string of the molecule is C=CCOC(=O)N1CCN(c2ccc(-c3ccc4ncnc(NCCC(C)C)c4c3)cc2)CC1. The predicted molar refractivity (Wildman–Crippen MR) is 138 cm³/mol. The van der Waals surface area contributed by atoms with E-state index in [-0.39, 0.29) is 12.7 Å². The monoisotopic (exact) mass is 459 g/mol. The smallest absolute Gasteiger partial charge is 0.410 e. The van der Waals surface area contributed by atoms with Gasteiger partial charge in [-0.3, -0.25) is 0 Å². The molecule has 0 unspecified atom stereocenters. The minimum atomic E-state index is -0.270. The molecule has 0 spiro atoms.